The minimum Gasteiger partial charge on any atom is -0.308 e. The van der Waals surface area contributed by atoms with Crippen molar-refractivity contribution in [3.63, 3.8) is 0 Å². The largest absolute Gasteiger partial charge is 0.308 e. The van der Waals surface area contributed by atoms with Crippen LogP contribution in [0.25, 0.3) is 0 Å². The summed E-state index contributed by atoms with van der Waals surface area (Å²) in [6.07, 6.45) is 0. The smallest absolute Gasteiger partial charge is 0.126 e. The highest BCUT2D eigenvalue weighted by Crippen LogP contribution is 2.23. The Morgan fingerprint density at radius 3 is 3.00 bits per heavy atom. The summed E-state index contributed by atoms with van der Waals surface area (Å²) in [7, 11) is 0. The summed E-state index contributed by atoms with van der Waals surface area (Å²) in [5.41, 5.74) is 1.94. The Balaban J connectivity index is 2.18. The topological polar surface area (TPSA) is 12.0 Å². The van der Waals surface area contributed by atoms with Crippen LogP contribution < -0.4 is 5.32 Å². The molecule has 1 aliphatic rings. The van der Waals surface area contributed by atoms with Gasteiger partial charge in [-0.3, -0.25) is 0 Å². The van der Waals surface area contributed by atoms with Gasteiger partial charge in [-0.1, -0.05) is 12.1 Å². The molecule has 0 amide bonds. The van der Waals surface area contributed by atoms with Crippen molar-refractivity contribution in [1.29, 1.82) is 0 Å². The fraction of sp³-hybridized carbons (Fsp3) is 0.455. The third-order valence-corrected chi connectivity index (χ3v) is 3.57. The van der Waals surface area contributed by atoms with Crippen LogP contribution >= 0.6 is 11.8 Å². The minimum absolute atomic E-state index is 0.114. The number of halogens is 1. The zero-order valence-electron chi connectivity index (χ0n) is 8.22. The van der Waals surface area contributed by atoms with Crippen molar-refractivity contribution in [2.24, 2.45) is 0 Å². The standard InChI is InChI=1S/C11H14FNS/c1-8-6-9(2-3-10(8)12)11-7-14-5-4-13-11/h2-3,6,11,13H,4-5,7H2,1H3. The second-order valence-electron chi connectivity index (χ2n) is 3.59. The van der Waals surface area contributed by atoms with E-state index in [9.17, 15) is 4.39 Å². The van der Waals surface area contributed by atoms with Crippen molar-refractivity contribution in [2.45, 2.75) is 13.0 Å². The number of rotatable bonds is 1. The molecule has 76 valence electrons. The van der Waals surface area contributed by atoms with E-state index in [-0.39, 0.29) is 5.82 Å². The fourth-order valence-electron chi connectivity index (χ4n) is 1.66. The molecule has 1 N–H and O–H groups in total. The third-order valence-electron chi connectivity index (χ3n) is 2.51. The van der Waals surface area contributed by atoms with E-state index < -0.39 is 0 Å². The summed E-state index contributed by atoms with van der Waals surface area (Å²) in [6, 6.07) is 5.78. The van der Waals surface area contributed by atoms with Crippen LogP contribution in [0.1, 0.15) is 17.2 Å². The second-order valence-corrected chi connectivity index (χ2v) is 4.74. The Hall–Kier alpha value is -0.540. The van der Waals surface area contributed by atoms with E-state index in [1.807, 2.05) is 30.8 Å². The van der Waals surface area contributed by atoms with E-state index in [0.717, 1.165) is 17.9 Å². The van der Waals surface area contributed by atoms with Crippen LogP contribution in [-0.4, -0.2) is 18.1 Å². The van der Waals surface area contributed by atoms with Crippen molar-refractivity contribution in [2.75, 3.05) is 18.1 Å². The van der Waals surface area contributed by atoms with Crippen LogP contribution in [0.15, 0.2) is 18.2 Å². The van der Waals surface area contributed by atoms with E-state index in [2.05, 4.69) is 5.32 Å². The van der Waals surface area contributed by atoms with Gasteiger partial charge in [0.15, 0.2) is 0 Å². The molecule has 0 aromatic heterocycles. The van der Waals surface area contributed by atoms with Gasteiger partial charge in [0.2, 0.25) is 0 Å². The van der Waals surface area contributed by atoms with Gasteiger partial charge in [-0.2, -0.15) is 11.8 Å². The predicted molar refractivity (Wildman–Crippen MR) is 59.2 cm³/mol. The van der Waals surface area contributed by atoms with E-state index in [1.54, 1.807) is 6.07 Å². The molecule has 1 heterocycles. The van der Waals surface area contributed by atoms with Gasteiger partial charge in [-0.25, -0.2) is 4.39 Å². The van der Waals surface area contributed by atoms with Gasteiger partial charge in [-0.05, 0) is 24.1 Å². The minimum atomic E-state index is -0.114. The second kappa shape index (κ2) is 4.32. The summed E-state index contributed by atoms with van der Waals surface area (Å²) in [5, 5.41) is 3.44. The lowest BCUT2D eigenvalue weighted by molar-refractivity contribution is 0.586. The first-order valence-corrected chi connectivity index (χ1v) is 6.00. The molecule has 1 aliphatic heterocycles. The molecule has 0 aliphatic carbocycles. The maximum Gasteiger partial charge on any atom is 0.126 e. The first kappa shape index (κ1) is 9.99. The highest BCUT2D eigenvalue weighted by Gasteiger charge is 2.15. The molecule has 1 aromatic carbocycles. The van der Waals surface area contributed by atoms with Crippen LogP contribution in [0.4, 0.5) is 4.39 Å². The molecule has 1 fully saturated rings. The van der Waals surface area contributed by atoms with Crippen LogP contribution in [0.2, 0.25) is 0 Å². The van der Waals surface area contributed by atoms with Crippen molar-refractivity contribution < 1.29 is 4.39 Å². The Bertz CT molecular complexity index is 321. The maximum absolute atomic E-state index is 13.0. The Kier molecular flexibility index (Phi) is 3.08. The maximum atomic E-state index is 13.0. The summed E-state index contributed by atoms with van der Waals surface area (Å²) in [5.74, 6) is 2.15. The van der Waals surface area contributed by atoms with Crippen molar-refractivity contribution in [3.05, 3.63) is 35.1 Å². The Morgan fingerprint density at radius 2 is 2.36 bits per heavy atom. The lowest BCUT2D eigenvalue weighted by atomic mass is 10.1. The summed E-state index contributed by atoms with van der Waals surface area (Å²) < 4.78 is 13.0. The third kappa shape index (κ3) is 2.10. The summed E-state index contributed by atoms with van der Waals surface area (Å²) >= 11 is 1.95. The van der Waals surface area contributed by atoms with E-state index in [0.29, 0.717) is 6.04 Å². The molecule has 0 spiro atoms. The van der Waals surface area contributed by atoms with Crippen LogP contribution in [0, 0.1) is 12.7 Å². The average Bonchev–Trinajstić information content (AvgIpc) is 2.23. The molecule has 1 aromatic rings. The molecular weight excluding hydrogens is 197 g/mol. The molecule has 14 heavy (non-hydrogen) atoms. The van der Waals surface area contributed by atoms with E-state index in [1.165, 1.54) is 11.3 Å². The predicted octanol–water partition coefficient (Wildman–Crippen LogP) is 2.51. The molecule has 0 saturated carbocycles. The number of thioether (sulfide) groups is 1. The average molecular weight is 211 g/mol. The Morgan fingerprint density at radius 1 is 1.50 bits per heavy atom. The molecule has 1 unspecified atom stereocenters. The highest BCUT2D eigenvalue weighted by atomic mass is 32.2. The lowest BCUT2D eigenvalue weighted by Gasteiger charge is -2.23. The highest BCUT2D eigenvalue weighted by molar-refractivity contribution is 7.99. The lowest BCUT2D eigenvalue weighted by Crippen LogP contribution is -2.30. The summed E-state index contributed by atoms with van der Waals surface area (Å²) in [4.78, 5) is 0. The molecular formula is C11H14FNS. The summed E-state index contributed by atoms with van der Waals surface area (Å²) in [6.45, 7) is 2.86. The van der Waals surface area contributed by atoms with E-state index in [4.69, 9.17) is 0 Å². The number of nitrogens with one attached hydrogen (secondary N) is 1. The fourth-order valence-corrected chi connectivity index (χ4v) is 2.64. The van der Waals surface area contributed by atoms with Gasteiger partial charge in [-0.15, -0.1) is 0 Å². The van der Waals surface area contributed by atoms with Gasteiger partial charge < -0.3 is 5.32 Å². The number of hydrogen-bond acceptors (Lipinski definition) is 2. The zero-order chi connectivity index (χ0) is 9.97. The molecule has 2 rings (SSSR count). The Labute approximate surface area is 88.1 Å². The molecule has 1 saturated heterocycles. The van der Waals surface area contributed by atoms with Crippen LogP contribution in [-0.2, 0) is 0 Å². The molecule has 0 radical (unpaired) electrons. The van der Waals surface area contributed by atoms with Gasteiger partial charge in [0.1, 0.15) is 5.82 Å². The zero-order valence-corrected chi connectivity index (χ0v) is 9.03. The number of aryl methyl sites for hydroxylation is 1. The number of hydrogen-bond donors (Lipinski definition) is 1. The normalized spacial score (nSPS) is 22.3. The van der Waals surface area contributed by atoms with E-state index >= 15 is 0 Å². The molecule has 1 nitrogen and oxygen atoms in total. The monoisotopic (exact) mass is 211 g/mol. The first-order chi connectivity index (χ1) is 6.77. The SMILES string of the molecule is Cc1cc(C2CSCCN2)ccc1F. The van der Waals surface area contributed by atoms with Crippen molar-refractivity contribution in [1.82, 2.24) is 5.32 Å². The molecule has 1 atom stereocenters. The first-order valence-electron chi connectivity index (χ1n) is 4.84. The van der Waals surface area contributed by atoms with Gasteiger partial charge in [0, 0.05) is 24.1 Å². The van der Waals surface area contributed by atoms with Crippen LogP contribution in [0.5, 0.6) is 0 Å². The van der Waals surface area contributed by atoms with Crippen molar-refractivity contribution >= 4 is 11.8 Å². The quantitative estimate of drug-likeness (QED) is 0.766. The molecule has 0 bridgehead atoms. The number of benzene rings is 1. The van der Waals surface area contributed by atoms with Gasteiger partial charge in [0.25, 0.3) is 0 Å². The van der Waals surface area contributed by atoms with Gasteiger partial charge >= 0.3 is 0 Å². The molecule has 3 heteroatoms. The van der Waals surface area contributed by atoms with Crippen LogP contribution in [0.3, 0.4) is 0 Å². The van der Waals surface area contributed by atoms with Crippen molar-refractivity contribution in [3.8, 4) is 0 Å². The van der Waals surface area contributed by atoms with Gasteiger partial charge in [0.05, 0.1) is 0 Å².